The van der Waals surface area contributed by atoms with Crippen molar-refractivity contribution in [2.45, 2.75) is 46.1 Å². The Kier molecular flexibility index (Phi) is 5.97. The molecular formula is C21H24O4. The molecule has 2 aromatic rings. The molecule has 0 aliphatic carbocycles. The number of aryl methyl sites for hydroxylation is 1. The average molecular weight is 340 g/mol. The molecule has 0 saturated heterocycles. The van der Waals surface area contributed by atoms with Crippen LogP contribution in [0.5, 0.6) is 5.75 Å². The average Bonchev–Trinajstić information content (AvgIpc) is 2.54. The summed E-state index contributed by atoms with van der Waals surface area (Å²) in [5.74, 6) is -0.0565. The van der Waals surface area contributed by atoms with Gasteiger partial charge in [-0.1, -0.05) is 38.1 Å². The van der Waals surface area contributed by atoms with Gasteiger partial charge in [-0.3, -0.25) is 4.79 Å². The van der Waals surface area contributed by atoms with Gasteiger partial charge in [0.2, 0.25) is 0 Å². The van der Waals surface area contributed by atoms with Crippen molar-refractivity contribution in [2.24, 2.45) is 0 Å². The van der Waals surface area contributed by atoms with E-state index < -0.39 is 12.1 Å². The maximum absolute atomic E-state index is 12.5. The minimum absolute atomic E-state index is 0.0845. The smallest absolute Gasteiger partial charge is 0.335 e. The minimum atomic E-state index is -1.00. The molecule has 25 heavy (non-hydrogen) atoms. The number of carbonyl (C=O) groups is 2. The van der Waals surface area contributed by atoms with Gasteiger partial charge in [0, 0.05) is 6.42 Å². The molecule has 0 amide bonds. The van der Waals surface area contributed by atoms with E-state index in [0.717, 1.165) is 16.9 Å². The van der Waals surface area contributed by atoms with E-state index in [-0.39, 0.29) is 17.8 Å². The number of carboxylic acids is 1. The zero-order valence-corrected chi connectivity index (χ0v) is 15.1. The molecule has 0 aliphatic heterocycles. The third kappa shape index (κ3) is 4.92. The highest BCUT2D eigenvalue weighted by Gasteiger charge is 2.18. The molecule has 0 spiro atoms. The van der Waals surface area contributed by atoms with Crippen LogP contribution in [0.15, 0.2) is 42.5 Å². The number of rotatable bonds is 7. The summed E-state index contributed by atoms with van der Waals surface area (Å²) in [5.41, 5.74) is 3.00. The Morgan fingerprint density at radius 2 is 1.80 bits per heavy atom. The highest BCUT2D eigenvalue weighted by atomic mass is 16.5. The van der Waals surface area contributed by atoms with Crippen LogP contribution in [-0.4, -0.2) is 23.0 Å². The largest absolute Gasteiger partial charge is 0.483 e. The van der Waals surface area contributed by atoms with E-state index in [0.29, 0.717) is 11.5 Å². The first-order chi connectivity index (χ1) is 11.8. The molecule has 0 fully saturated rings. The van der Waals surface area contributed by atoms with E-state index in [9.17, 15) is 9.59 Å². The Morgan fingerprint density at radius 1 is 1.08 bits per heavy atom. The molecule has 2 aromatic carbocycles. The standard InChI is InChI=1S/C21H24O4/c1-13(2)18-9-8-14(3)10-20(18)25-15(4)19(22)12-16-6-5-7-17(11-16)21(23)24/h5-11,13,15H,12H2,1-4H3,(H,23,24). The van der Waals surface area contributed by atoms with E-state index in [1.165, 1.54) is 12.1 Å². The molecule has 0 heterocycles. The monoisotopic (exact) mass is 340 g/mol. The van der Waals surface area contributed by atoms with Gasteiger partial charge < -0.3 is 9.84 Å². The first kappa shape index (κ1) is 18.7. The van der Waals surface area contributed by atoms with Gasteiger partial charge in [-0.25, -0.2) is 4.79 Å². The van der Waals surface area contributed by atoms with E-state index in [1.54, 1.807) is 19.1 Å². The van der Waals surface area contributed by atoms with Crippen molar-refractivity contribution in [3.05, 3.63) is 64.7 Å². The van der Waals surface area contributed by atoms with Crippen LogP contribution in [-0.2, 0) is 11.2 Å². The van der Waals surface area contributed by atoms with Crippen molar-refractivity contribution >= 4 is 11.8 Å². The van der Waals surface area contributed by atoms with Crippen molar-refractivity contribution in [2.75, 3.05) is 0 Å². The highest BCUT2D eigenvalue weighted by molar-refractivity contribution is 5.89. The normalized spacial score (nSPS) is 12.0. The second-order valence-electron chi connectivity index (χ2n) is 6.60. The summed E-state index contributed by atoms with van der Waals surface area (Å²) in [6.07, 6.45) is -0.460. The number of Topliss-reactive ketones (excluding diaryl/α,β-unsaturated/α-hetero) is 1. The number of hydrogen-bond acceptors (Lipinski definition) is 3. The van der Waals surface area contributed by atoms with Crippen LogP contribution in [0.3, 0.4) is 0 Å². The molecule has 0 bridgehead atoms. The second kappa shape index (κ2) is 7.97. The molecular weight excluding hydrogens is 316 g/mol. The molecule has 4 heteroatoms. The summed E-state index contributed by atoms with van der Waals surface area (Å²) in [5, 5.41) is 9.05. The molecule has 0 aliphatic rings. The van der Waals surface area contributed by atoms with E-state index in [1.807, 2.05) is 25.1 Å². The SMILES string of the molecule is Cc1ccc(C(C)C)c(OC(C)C(=O)Cc2cccc(C(=O)O)c2)c1. The van der Waals surface area contributed by atoms with Crippen LogP contribution in [0.2, 0.25) is 0 Å². The fourth-order valence-corrected chi connectivity index (χ4v) is 2.64. The molecule has 4 nitrogen and oxygen atoms in total. The fraction of sp³-hybridized carbons (Fsp3) is 0.333. The quantitative estimate of drug-likeness (QED) is 0.811. The molecule has 1 N–H and O–H groups in total. The van der Waals surface area contributed by atoms with E-state index in [4.69, 9.17) is 9.84 Å². The van der Waals surface area contributed by atoms with Gasteiger partial charge >= 0.3 is 5.97 Å². The Labute approximate surface area is 148 Å². The Balaban J connectivity index is 2.12. The number of carboxylic acid groups (broad SMARTS) is 1. The van der Waals surface area contributed by atoms with E-state index in [2.05, 4.69) is 13.8 Å². The third-order valence-corrected chi connectivity index (χ3v) is 4.10. The minimum Gasteiger partial charge on any atom is -0.483 e. The maximum Gasteiger partial charge on any atom is 0.335 e. The van der Waals surface area contributed by atoms with Gasteiger partial charge in [-0.2, -0.15) is 0 Å². The summed E-state index contributed by atoms with van der Waals surface area (Å²) in [6.45, 7) is 7.89. The first-order valence-corrected chi connectivity index (χ1v) is 8.40. The molecule has 1 atom stereocenters. The van der Waals surface area contributed by atoms with Crippen LogP contribution >= 0.6 is 0 Å². The van der Waals surface area contributed by atoms with Gasteiger partial charge in [0.15, 0.2) is 11.9 Å². The number of carbonyl (C=O) groups excluding carboxylic acids is 1. The number of ether oxygens (including phenoxy) is 1. The van der Waals surface area contributed by atoms with Gasteiger partial charge in [-0.15, -0.1) is 0 Å². The molecule has 2 rings (SSSR count). The Bertz CT molecular complexity index is 777. The summed E-state index contributed by atoms with van der Waals surface area (Å²) >= 11 is 0. The summed E-state index contributed by atoms with van der Waals surface area (Å²) in [7, 11) is 0. The van der Waals surface area contributed by atoms with Gasteiger partial charge in [0.1, 0.15) is 5.75 Å². The lowest BCUT2D eigenvalue weighted by atomic mass is 10.00. The van der Waals surface area contributed by atoms with Crippen LogP contribution in [0.25, 0.3) is 0 Å². The Hall–Kier alpha value is -2.62. The lowest BCUT2D eigenvalue weighted by Crippen LogP contribution is -2.26. The van der Waals surface area contributed by atoms with Crippen molar-refractivity contribution in [3.63, 3.8) is 0 Å². The van der Waals surface area contributed by atoms with Gasteiger partial charge in [0.05, 0.1) is 5.56 Å². The summed E-state index contributed by atoms with van der Waals surface area (Å²) in [6, 6.07) is 12.5. The highest BCUT2D eigenvalue weighted by Crippen LogP contribution is 2.28. The lowest BCUT2D eigenvalue weighted by Gasteiger charge is -2.19. The van der Waals surface area contributed by atoms with Crippen molar-refractivity contribution in [1.82, 2.24) is 0 Å². The molecule has 132 valence electrons. The summed E-state index contributed by atoms with van der Waals surface area (Å²) < 4.78 is 5.93. The van der Waals surface area contributed by atoms with Crippen LogP contribution < -0.4 is 4.74 Å². The number of benzene rings is 2. The predicted molar refractivity (Wildman–Crippen MR) is 97.5 cm³/mol. The lowest BCUT2D eigenvalue weighted by molar-refractivity contribution is -0.124. The zero-order valence-electron chi connectivity index (χ0n) is 15.1. The Morgan fingerprint density at radius 3 is 2.44 bits per heavy atom. The molecule has 0 aromatic heterocycles. The first-order valence-electron chi connectivity index (χ1n) is 8.40. The second-order valence-corrected chi connectivity index (χ2v) is 6.60. The number of aromatic carboxylic acids is 1. The molecule has 0 radical (unpaired) electrons. The maximum atomic E-state index is 12.5. The topological polar surface area (TPSA) is 63.6 Å². The van der Waals surface area contributed by atoms with Gasteiger partial charge in [0.25, 0.3) is 0 Å². The molecule has 0 saturated carbocycles. The van der Waals surface area contributed by atoms with Crippen molar-refractivity contribution < 1.29 is 19.4 Å². The van der Waals surface area contributed by atoms with Crippen LogP contribution in [0.4, 0.5) is 0 Å². The fourth-order valence-electron chi connectivity index (χ4n) is 2.64. The van der Waals surface area contributed by atoms with Crippen molar-refractivity contribution in [1.29, 1.82) is 0 Å². The third-order valence-electron chi connectivity index (χ3n) is 4.10. The molecule has 1 unspecified atom stereocenters. The summed E-state index contributed by atoms with van der Waals surface area (Å²) in [4.78, 5) is 23.5. The van der Waals surface area contributed by atoms with Crippen LogP contribution in [0.1, 0.15) is 53.7 Å². The van der Waals surface area contributed by atoms with Crippen molar-refractivity contribution in [3.8, 4) is 5.75 Å². The predicted octanol–water partition coefficient (Wildman–Crippen LogP) is 4.40. The van der Waals surface area contributed by atoms with Crippen LogP contribution in [0, 0.1) is 6.92 Å². The number of ketones is 1. The number of hydrogen-bond donors (Lipinski definition) is 1. The zero-order chi connectivity index (χ0) is 18.6. The van der Waals surface area contributed by atoms with E-state index >= 15 is 0 Å². The van der Waals surface area contributed by atoms with Gasteiger partial charge in [-0.05, 0) is 54.7 Å².